The number of nitriles is 1. The van der Waals surface area contributed by atoms with Gasteiger partial charge < -0.3 is 10.2 Å². The molecule has 1 N–H and O–H groups in total. The van der Waals surface area contributed by atoms with Crippen LogP contribution in [-0.2, 0) is 0 Å². The van der Waals surface area contributed by atoms with Crippen LogP contribution in [-0.4, -0.2) is 37.1 Å². The molecule has 0 aliphatic rings. The van der Waals surface area contributed by atoms with Gasteiger partial charge in [-0.05, 0) is 19.0 Å². The molecule has 0 aliphatic heterocycles. The molecule has 1 atom stereocenters. The molecule has 0 heterocycles. The maximum atomic E-state index is 8.90. The van der Waals surface area contributed by atoms with Crippen molar-refractivity contribution < 1.29 is 0 Å². The SMILES string of the molecule is CCNC(C#N)CN(CC)CC(C)C. The Kier molecular flexibility index (Phi) is 7.45. The Hall–Kier alpha value is -0.590. The zero-order valence-corrected chi connectivity index (χ0v) is 9.88. The van der Waals surface area contributed by atoms with E-state index in [0.717, 1.165) is 26.2 Å². The summed E-state index contributed by atoms with van der Waals surface area (Å²) in [5.74, 6) is 0.663. The Labute approximate surface area is 88.1 Å². The highest BCUT2D eigenvalue weighted by molar-refractivity contribution is 4.91. The molecular formula is C11H23N3. The summed E-state index contributed by atoms with van der Waals surface area (Å²) in [7, 11) is 0. The molecule has 0 saturated carbocycles. The molecule has 1 unspecified atom stereocenters. The molecule has 0 saturated heterocycles. The number of nitrogens with zero attached hydrogens (tertiary/aromatic N) is 2. The first kappa shape index (κ1) is 13.4. The standard InChI is InChI=1S/C11H23N3/c1-5-13-11(7-12)9-14(6-2)8-10(3)4/h10-11,13H,5-6,8-9H2,1-4H3. The van der Waals surface area contributed by atoms with Gasteiger partial charge in [-0.2, -0.15) is 5.26 Å². The Balaban J connectivity index is 3.95. The first-order valence-electron chi connectivity index (χ1n) is 5.49. The zero-order chi connectivity index (χ0) is 11.0. The molecule has 0 radical (unpaired) electrons. The van der Waals surface area contributed by atoms with Gasteiger partial charge in [-0.1, -0.05) is 27.7 Å². The molecule has 14 heavy (non-hydrogen) atoms. The average molecular weight is 197 g/mol. The number of nitrogens with one attached hydrogen (secondary N) is 1. The van der Waals surface area contributed by atoms with E-state index < -0.39 is 0 Å². The van der Waals surface area contributed by atoms with Crippen LogP contribution >= 0.6 is 0 Å². The summed E-state index contributed by atoms with van der Waals surface area (Å²) in [5.41, 5.74) is 0. The molecule has 0 aliphatic carbocycles. The van der Waals surface area contributed by atoms with E-state index in [1.54, 1.807) is 0 Å². The van der Waals surface area contributed by atoms with Gasteiger partial charge in [0.05, 0.1) is 6.07 Å². The summed E-state index contributed by atoms with van der Waals surface area (Å²) in [6.07, 6.45) is 0. The molecule has 0 aromatic rings. The Morgan fingerprint density at radius 1 is 1.29 bits per heavy atom. The van der Waals surface area contributed by atoms with Crippen molar-refractivity contribution in [1.82, 2.24) is 10.2 Å². The van der Waals surface area contributed by atoms with Gasteiger partial charge in [-0.15, -0.1) is 0 Å². The van der Waals surface area contributed by atoms with E-state index >= 15 is 0 Å². The molecule has 0 aromatic heterocycles. The predicted molar refractivity (Wildman–Crippen MR) is 60.0 cm³/mol. The van der Waals surface area contributed by atoms with Crippen molar-refractivity contribution in [3.05, 3.63) is 0 Å². The highest BCUT2D eigenvalue weighted by Crippen LogP contribution is 1.99. The van der Waals surface area contributed by atoms with E-state index in [4.69, 9.17) is 5.26 Å². The van der Waals surface area contributed by atoms with Crippen LogP contribution in [0.5, 0.6) is 0 Å². The number of hydrogen-bond donors (Lipinski definition) is 1. The minimum Gasteiger partial charge on any atom is -0.301 e. The molecule has 3 nitrogen and oxygen atoms in total. The van der Waals surface area contributed by atoms with Crippen LogP contribution in [0.1, 0.15) is 27.7 Å². The highest BCUT2D eigenvalue weighted by atomic mass is 15.1. The van der Waals surface area contributed by atoms with E-state index in [-0.39, 0.29) is 6.04 Å². The molecule has 0 aromatic carbocycles. The lowest BCUT2D eigenvalue weighted by Gasteiger charge is -2.24. The predicted octanol–water partition coefficient (Wildman–Crippen LogP) is 1.47. The summed E-state index contributed by atoms with van der Waals surface area (Å²) in [5, 5.41) is 12.1. The summed E-state index contributed by atoms with van der Waals surface area (Å²) < 4.78 is 0. The van der Waals surface area contributed by atoms with Gasteiger partial charge in [0, 0.05) is 13.1 Å². The lowest BCUT2D eigenvalue weighted by Crippen LogP contribution is -2.41. The quantitative estimate of drug-likeness (QED) is 0.671. The lowest BCUT2D eigenvalue weighted by atomic mass is 10.2. The minimum atomic E-state index is -0.0290. The van der Waals surface area contributed by atoms with Crippen LogP contribution in [0.15, 0.2) is 0 Å². The van der Waals surface area contributed by atoms with E-state index in [9.17, 15) is 0 Å². The third-order valence-electron chi connectivity index (χ3n) is 2.12. The Bertz CT molecular complexity index is 172. The second kappa shape index (κ2) is 7.78. The maximum Gasteiger partial charge on any atom is 0.108 e. The van der Waals surface area contributed by atoms with Crippen molar-refractivity contribution in [2.75, 3.05) is 26.2 Å². The van der Waals surface area contributed by atoms with E-state index in [1.807, 2.05) is 6.92 Å². The fraction of sp³-hybridized carbons (Fsp3) is 0.909. The number of rotatable bonds is 7. The van der Waals surface area contributed by atoms with Crippen LogP contribution in [0, 0.1) is 17.2 Å². The minimum absolute atomic E-state index is 0.0290. The second-order valence-electron chi connectivity index (χ2n) is 3.99. The van der Waals surface area contributed by atoms with E-state index in [1.165, 1.54) is 0 Å². The Morgan fingerprint density at radius 2 is 1.93 bits per heavy atom. The summed E-state index contributed by atoms with van der Waals surface area (Å²) >= 11 is 0. The van der Waals surface area contributed by atoms with Crippen LogP contribution < -0.4 is 5.32 Å². The maximum absolute atomic E-state index is 8.90. The highest BCUT2D eigenvalue weighted by Gasteiger charge is 2.11. The zero-order valence-electron chi connectivity index (χ0n) is 9.88. The first-order chi connectivity index (χ1) is 6.63. The van der Waals surface area contributed by atoms with Crippen molar-refractivity contribution >= 4 is 0 Å². The van der Waals surface area contributed by atoms with Crippen LogP contribution in [0.4, 0.5) is 0 Å². The molecule has 0 rings (SSSR count). The van der Waals surface area contributed by atoms with Crippen LogP contribution in [0.2, 0.25) is 0 Å². The van der Waals surface area contributed by atoms with Gasteiger partial charge in [-0.3, -0.25) is 0 Å². The van der Waals surface area contributed by atoms with Crippen molar-refractivity contribution in [2.24, 2.45) is 5.92 Å². The topological polar surface area (TPSA) is 39.1 Å². The summed E-state index contributed by atoms with van der Waals surface area (Å²) in [6, 6.07) is 2.26. The average Bonchev–Trinajstić information content (AvgIpc) is 2.15. The van der Waals surface area contributed by atoms with Gasteiger partial charge >= 0.3 is 0 Å². The molecule has 0 spiro atoms. The monoisotopic (exact) mass is 197 g/mol. The van der Waals surface area contributed by atoms with Crippen molar-refractivity contribution in [2.45, 2.75) is 33.7 Å². The number of hydrogen-bond acceptors (Lipinski definition) is 3. The van der Waals surface area contributed by atoms with Crippen molar-refractivity contribution in [3.63, 3.8) is 0 Å². The van der Waals surface area contributed by atoms with Crippen molar-refractivity contribution in [3.8, 4) is 6.07 Å². The number of likely N-dealkylation sites (N-methyl/N-ethyl adjacent to an activating group) is 2. The molecule has 0 fully saturated rings. The van der Waals surface area contributed by atoms with Gasteiger partial charge in [0.15, 0.2) is 0 Å². The molecular weight excluding hydrogens is 174 g/mol. The van der Waals surface area contributed by atoms with Gasteiger partial charge in [0.25, 0.3) is 0 Å². The molecule has 3 heteroatoms. The first-order valence-corrected chi connectivity index (χ1v) is 5.49. The van der Waals surface area contributed by atoms with E-state index in [2.05, 4.69) is 37.1 Å². The third-order valence-corrected chi connectivity index (χ3v) is 2.12. The Morgan fingerprint density at radius 3 is 2.29 bits per heavy atom. The molecule has 82 valence electrons. The van der Waals surface area contributed by atoms with Crippen LogP contribution in [0.25, 0.3) is 0 Å². The van der Waals surface area contributed by atoms with E-state index in [0.29, 0.717) is 5.92 Å². The van der Waals surface area contributed by atoms with Crippen molar-refractivity contribution in [1.29, 1.82) is 5.26 Å². The summed E-state index contributed by atoms with van der Waals surface area (Å²) in [6.45, 7) is 12.4. The largest absolute Gasteiger partial charge is 0.301 e. The second-order valence-corrected chi connectivity index (χ2v) is 3.99. The third kappa shape index (κ3) is 5.95. The van der Waals surface area contributed by atoms with Gasteiger partial charge in [0.1, 0.15) is 6.04 Å². The lowest BCUT2D eigenvalue weighted by molar-refractivity contribution is 0.243. The smallest absolute Gasteiger partial charge is 0.108 e. The summed E-state index contributed by atoms with van der Waals surface area (Å²) in [4.78, 5) is 2.32. The van der Waals surface area contributed by atoms with Crippen LogP contribution in [0.3, 0.4) is 0 Å². The molecule has 0 bridgehead atoms. The van der Waals surface area contributed by atoms with Gasteiger partial charge in [-0.25, -0.2) is 0 Å². The normalized spacial score (nSPS) is 13.2. The fourth-order valence-electron chi connectivity index (χ4n) is 1.50. The fourth-order valence-corrected chi connectivity index (χ4v) is 1.50. The molecule has 0 amide bonds. The van der Waals surface area contributed by atoms with Gasteiger partial charge in [0.2, 0.25) is 0 Å².